The number of hydrogen-bond acceptors (Lipinski definition) is 4. The largest absolute Gasteiger partial charge is 0.493 e. The number of hydrogen-bond donors (Lipinski definition) is 2. The molecular weight excluding hydrogens is 418 g/mol. The molecule has 0 bridgehead atoms. The lowest BCUT2D eigenvalue weighted by Gasteiger charge is -2.25. The number of urea groups is 1. The topological polar surface area (TPSA) is 79.9 Å². The Kier molecular flexibility index (Phi) is 6.78. The molecule has 33 heavy (non-hydrogen) atoms. The lowest BCUT2D eigenvalue weighted by Crippen LogP contribution is -2.50. The quantitative estimate of drug-likeness (QED) is 0.576. The van der Waals surface area contributed by atoms with E-state index in [2.05, 4.69) is 10.6 Å². The number of carbonyl (C=O) groups excluding carboxylic acids is 2. The molecule has 7 nitrogen and oxygen atoms in total. The third-order valence-electron chi connectivity index (χ3n) is 5.68. The summed E-state index contributed by atoms with van der Waals surface area (Å²) in [6, 6.07) is 21.5. The van der Waals surface area contributed by atoms with E-state index in [-0.39, 0.29) is 5.91 Å². The van der Waals surface area contributed by atoms with Crippen LogP contribution in [0.25, 0.3) is 0 Å². The van der Waals surface area contributed by atoms with Crippen LogP contribution in [0.2, 0.25) is 0 Å². The molecule has 1 unspecified atom stereocenters. The van der Waals surface area contributed by atoms with E-state index < -0.39 is 12.1 Å². The molecule has 1 aliphatic rings. The average Bonchev–Trinajstić information content (AvgIpc) is 3.28. The molecule has 2 N–H and O–H groups in total. The lowest BCUT2D eigenvalue weighted by molar-refractivity contribution is -0.120. The predicted octanol–water partition coefficient (Wildman–Crippen LogP) is 4.03. The van der Waals surface area contributed by atoms with Crippen LogP contribution in [-0.4, -0.2) is 38.7 Å². The van der Waals surface area contributed by atoms with Crippen LogP contribution in [0.1, 0.15) is 11.1 Å². The summed E-state index contributed by atoms with van der Waals surface area (Å²) in [5.74, 6) is 0.931. The second-order valence-electron chi connectivity index (χ2n) is 7.78. The van der Waals surface area contributed by atoms with E-state index in [0.29, 0.717) is 30.2 Å². The molecule has 0 aromatic heterocycles. The lowest BCUT2D eigenvalue weighted by atomic mass is 10.0. The van der Waals surface area contributed by atoms with Crippen molar-refractivity contribution in [1.82, 2.24) is 5.32 Å². The Morgan fingerprint density at radius 1 is 0.939 bits per heavy atom. The van der Waals surface area contributed by atoms with Crippen molar-refractivity contribution < 1.29 is 19.1 Å². The van der Waals surface area contributed by atoms with E-state index in [1.54, 1.807) is 30.2 Å². The highest BCUT2D eigenvalue weighted by Gasteiger charge is 2.31. The maximum absolute atomic E-state index is 13.5. The minimum Gasteiger partial charge on any atom is -0.493 e. The summed E-state index contributed by atoms with van der Waals surface area (Å²) >= 11 is 0. The number of fused-ring (bicyclic) bond motifs is 1. The molecule has 0 spiro atoms. The van der Waals surface area contributed by atoms with Crippen LogP contribution in [0.15, 0.2) is 72.8 Å². The van der Waals surface area contributed by atoms with Gasteiger partial charge in [-0.3, -0.25) is 4.79 Å². The molecule has 4 rings (SSSR count). The zero-order valence-electron chi connectivity index (χ0n) is 18.7. The molecule has 0 saturated carbocycles. The van der Waals surface area contributed by atoms with Crippen molar-refractivity contribution in [3.63, 3.8) is 0 Å². The van der Waals surface area contributed by atoms with Crippen molar-refractivity contribution in [3.8, 4) is 11.5 Å². The molecule has 1 heterocycles. The van der Waals surface area contributed by atoms with Gasteiger partial charge >= 0.3 is 6.03 Å². The Morgan fingerprint density at radius 2 is 1.67 bits per heavy atom. The Labute approximate surface area is 193 Å². The number of nitrogens with zero attached hydrogens (tertiary/aromatic N) is 1. The SMILES string of the molecule is COc1ccc(NC(=O)NC(Cc2ccccc2)C(=O)N2CCc3ccccc32)cc1OC. The molecule has 3 aromatic carbocycles. The van der Waals surface area contributed by atoms with Crippen LogP contribution < -0.4 is 25.0 Å². The van der Waals surface area contributed by atoms with Crippen LogP contribution in [0.3, 0.4) is 0 Å². The normalized spacial score (nSPS) is 13.1. The van der Waals surface area contributed by atoms with Gasteiger partial charge in [0, 0.05) is 30.4 Å². The van der Waals surface area contributed by atoms with Gasteiger partial charge in [0.2, 0.25) is 5.91 Å². The van der Waals surface area contributed by atoms with Gasteiger partial charge < -0.3 is 25.0 Å². The van der Waals surface area contributed by atoms with Crippen LogP contribution in [0.4, 0.5) is 16.2 Å². The van der Waals surface area contributed by atoms with E-state index >= 15 is 0 Å². The first kappa shape index (κ1) is 22.2. The van der Waals surface area contributed by atoms with Gasteiger partial charge in [-0.05, 0) is 35.7 Å². The van der Waals surface area contributed by atoms with Gasteiger partial charge in [0.1, 0.15) is 6.04 Å². The van der Waals surface area contributed by atoms with Crippen molar-refractivity contribution >= 4 is 23.3 Å². The van der Waals surface area contributed by atoms with Crippen molar-refractivity contribution in [1.29, 1.82) is 0 Å². The van der Waals surface area contributed by atoms with E-state index in [9.17, 15) is 9.59 Å². The zero-order chi connectivity index (χ0) is 23.2. The fraction of sp³-hybridized carbons (Fsp3) is 0.231. The molecular formula is C26H27N3O4. The molecule has 170 valence electrons. The van der Waals surface area contributed by atoms with Gasteiger partial charge in [-0.2, -0.15) is 0 Å². The smallest absolute Gasteiger partial charge is 0.319 e. The number of methoxy groups -OCH3 is 2. The summed E-state index contributed by atoms with van der Waals surface area (Å²) in [4.78, 5) is 28.2. The van der Waals surface area contributed by atoms with Gasteiger partial charge in [0.05, 0.1) is 14.2 Å². The summed E-state index contributed by atoms with van der Waals surface area (Å²) in [6.45, 7) is 0.600. The van der Waals surface area contributed by atoms with Gasteiger partial charge in [-0.25, -0.2) is 4.79 Å². The second-order valence-corrected chi connectivity index (χ2v) is 7.78. The summed E-state index contributed by atoms with van der Waals surface area (Å²) in [5.41, 5.74) is 3.54. The monoisotopic (exact) mass is 445 g/mol. The van der Waals surface area contributed by atoms with Gasteiger partial charge in [-0.15, -0.1) is 0 Å². The first-order valence-electron chi connectivity index (χ1n) is 10.8. The summed E-state index contributed by atoms with van der Waals surface area (Å²) in [7, 11) is 3.08. The molecule has 1 aliphatic heterocycles. The molecule has 0 aliphatic carbocycles. The first-order chi connectivity index (χ1) is 16.1. The number of benzene rings is 3. The minimum atomic E-state index is -0.723. The van der Waals surface area contributed by atoms with E-state index in [1.165, 1.54) is 7.11 Å². The van der Waals surface area contributed by atoms with Gasteiger partial charge in [0.25, 0.3) is 0 Å². The van der Waals surface area contributed by atoms with Crippen molar-refractivity contribution in [2.24, 2.45) is 0 Å². The molecule has 7 heteroatoms. The minimum absolute atomic E-state index is 0.133. The van der Waals surface area contributed by atoms with Crippen LogP contribution >= 0.6 is 0 Å². The van der Waals surface area contributed by atoms with Crippen molar-refractivity contribution in [3.05, 3.63) is 83.9 Å². The third-order valence-corrected chi connectivity index (χ3v) is 5.68. The van der Waals surface area contributed by atoms with Crippen LogP contribution in [0, 0.1) is 0 Å². The molecule has 1 atom stereocenters. The number of rotatable bonds is 7. The fourth-order valence-electron chi connectivity index (χ4n) is 4.04. The average molecular weight is 446 g/mol. The summed E-state index contributed by atoms with van der Waals surface area (Å²) in [6.07, 6.45) is 1.19. The standard InChI is InChI=1S/C26H27N3O4/c1-32-23-13-12-20(17-24(23)33-2)27-26(31)28-21(16-18-8-4-3-5-9-18)25(30)29-15-14-19-10-6-7-11-22(19)29/h3-13,17,21H,14-16H2,1-2H3,(H2,27,28,31). The summed E-state index contributed by atoms with van der Waals surface area (Å²) < 4.78 is 10.5. The highest BCUT2D eigenvalue weighted by Crippen LogP contribution is 2.30. The number of nitrogens with one attached hydrogen (secondary N) is 2. The first-order valence-corrected chi connectivity index (χ1v) is 10.8. The van der Waals surface area contributed by atoms with Gasteiger partial charge in [0.15, 0.2) is 11.5 Å². The number of carbonyl (C=O) groups is 2. The Bertz CT molecular complexity index is 1130. The second kappa shape index (κ2) is 10.1. The van der Waals surface area contributed by atoms with E-state index in [4.69, 9.17) is 9.47 Å². The Morgan fingerprint density at radius 3 is 2.42 bits per heavy atom. The van der Waals surface area contributed by atoms with Crippen molar-refractivity contribution in [2.75, 3.05) is 31.0 Å². The molecule has 0 saturated heterocycles. The Balaban J connectivity index is 1.52. The Hall–Kier alpha value is -4.00. The fourth-order valence-corrected chi connectivity index (χ4v) is 4.04. The highest BCUT2D eigenvalue weighted by molar-refractivity contribution is 6.02. The number of anilines is 2. The zero-order valence-corrected chi connectivity index (χ0v) is 18.7. The number of ether oxygens (including phenoxy) is 2. The van der Waals surface area contributed by atoms with E-state index in [1.807, 2.05) is 54.6 Å². The van der Waals surface area contributed by atoms with Crippen LogP contribution in [0.5, 0.6) is 11.5 Å². The molecule has 0 fully saturated rings. The molecule has 3 aromatic rings. The maximum Gasteiger partial charge on any atom is 0.319 e. The number of para-hydroxylation sites is 1. The van der Waals surface area contributed by atoms with Gasteiger partial charge in [-0.1, -0.05) is 48.5 Å². The van der Waals surface area contributed by atoms with Crippen molar-refractivity contribution in [2.45, 2.75) is 18.9 Å². The molecule has 3 amide bonds. The predicted molar refractivity (Wildman–Crippen MR) is 128 cm³/mol. The number of amides is 3. The third kappa shape index (κ3) is 5.09. The van der Waals surface area contributed by atoms with E-state index in [0.717, 1.165) is 23.2 Å². The maximum atomic E-state index is 13.5. The summed E-state index contributed by atoms with van der Waals surface area (Å²) in [5, 5.41) is 5.67. The molecule has 0 radical (unpaired) electrons. The highest BCUT2D eigenvalue weighted by atomic mass is 16.5. The van der Waals surface area contributed by atoms with Crippen LogP contribution in [-0.2, 0) is 17.6 Å².